The molecule has 0 aliphatic carbocycles. The summed E-state index contributed by atoms with van der Waals surface area (Å²) in [5, 5.41) is 0. The van der Waals surface area contributed by atoms with E-state index in [2.05, 4.69) is 42.5 Å². The lowest BCUT2D eigenvalue weighted by Crippen LogP contribution is -3.14. The van der Waals surface area contributed by atoms with E-state index < -0.39 is 0 Å². The maximum atomic E-state index is 11.7. The molecule has 2 aromatic carbocycles. The highest BCUT2D eigenvalue weighted by atomic mass is 35.5. The Balaban J connectivity index is 0.00000320. The van der Waals surface area contributed by atoms with Crippen LogP contribution in [0.2, 0.25) is 0 Å². The van der Waals surface area contributed by atoms with Gasteiger partial charge in [0.2, 0.25) is 0 Å². The molecule has 1 heterocycles. The summed E-state index contributed by atoms with van der Waals surface area (Å²) < 4.78 is 11.7. The van der Waals surface area contributed by atoms with Crippen LogP contribution in [0.1, 0.15) is 43.7 Å². The third kappa shape index (κ3) is 8.10. The zero-order valence-electron chi connectivity index (χ0n) is 17.9. The van der Waals surface area contributed by atoms with Crippen LogP contribution in [0, 0.1) is 0 Å². The first kappa shape index (κ1) is 24.4. The Hall–Kier alpha value is -1.88. The van der Waals surface area contributed by atoms with Crippen LogP contribution in [0.5, 0.6) is 0 Å². The molecule has 4 nitrogen and oxygen atoms in total. The summed E-state index contributed by atoms with van der Waals surface area (Å²) in [5.41, 5.74) is 2.28. The molecule has 0 radical (unpaired) electrons. The van der Waals surface area contributed by atoms with Crippen LogP contribution < -0.4 is 17.3 Å². The van der Waals surface area contributed by atoms with Crippen molar-refractivity contribution in [3.63, 3.8) is 0 Å². The standard InChI is InChI=1S/C25H33NO3.ClH/c1-22(27)29-25(14-8-20-28-21-24-11-6-3-7-12-24)15-18-26(19-16-25)17-13-23-9-4-2-5-10-23;/h2-7,9-12H,8,13-21H2,1H3;1H. The average molecular weight is 432 g/mol. The Morgan fingerprint density at radius 2 is 1.57 bits per heavy atom. The maximum Gasteiger partial charge on any atom is 0.303 e. The van der Waals surface area contributed by atoms with Crippen molar-refractivity contribution in [2.45, 2.75) is 51.2 Å². The Morgan fingerprint density at radius 3 is 2.17 bits per heavy atom. The number of benzene rings is 2. The number of ether oxygens (including phenoxy) is 2. The Morgan fingerprint density at radius 1 is 0.967 bits per heavy atom. The number of rotatable bonds is 10. The normalized spacial score (nSPS) is 20.9. The first-order valence-corrected chi connectivity index (χ1v) is 10.8. The number of carbonyl (C=O) groups is 1. The third-order valence-corrected chi connectivity index (χ3v) is 5.87. The summed E-state index contributed by atoms with van der Waals surface area (Å²) in [5.74, 6) is -0.164. The molecule has 1 N–H and O–H groups in total. The Bertz CT molecular complexity index is 725. The van der Waals surface area contributed by atoms with E-state index in [1.54, 1.807) is 4.90 Å². The number of nitrogens with one attached hydrogen (secondary N) is 1. The van der Waals surface area contributed by atoms with Crippen LogP contribution in [0.4, 0.5) is 0 Å². The Labute approximate surface area is 187 Å². The SMILES string of the molecule is CC(=O)OC1(CCCOCc2ccccc2)CC[NH+](CCc2ccccc2)CC1.[Cl-]. The fraction of sp³-hybridized carbons (Fsp3) is 0.480. The number of hydrogen-bond acceptors (Lipinski definition) is 3. The number of piperidine rings is 1. The highest BCUT2D eigenvalue weighted by molar-refractivity contribution is 5.66. The zero-order chi connectivity index (χ0) is 20.4. The van der Waals surface area contributed by atoms with Crippen LogP contribution in [-0.2, 0) is 27.3 Å². The van der Waals surface area contributed by atoms with Gasteiger partial charge in [-0.3, -0.25) is 4.79 Å². The molecule has 3 rings (SSSR count). The maximum absolute atomic E-state index is 11.7. The molecule has 5 heteroatoms. The van der Waals surface area contributed by atoms with Crippen LogP contribution in [0.3, 0.4) is 0 Å². The second-order valence-electron chi connectivity index (χ2n) is 8.15. The van der Waals surface area contributed by atoms with E-state index in [1.807, 2.05) is 18.2 Å². The van der Waals surface area contributed by atoms with Gasteiger partial charge in [-0.15, -0.1) is 0 Å². The topological polar surface area (TPSA) is 40.0 Å². The van der Waals surface area contributed by atoms with E-state index in [-0.39, 0.29) is 24.0 Å². The molecule has 0 saturated carbocycles. The monoisotopic (exact) mass is 431 g/mol. The highest BCUT2D eigenvalue weighted by Gasteiger charge is 2.39. The summed E-state index contributed by atoms with van der Waals surface area (Å²) in [4.78, 5) is 13.3. The predicted molar refractivity (Wildman–Crippen MR) is 115 cm³/mol. The van der Waals surface area contributed by atoms with Crippen molar-refractivity contribution in [1.82, 2.24) is 0 Å². The smallest absolute Gasteiger partial charge is 0.303 e. The third-order valence-electron chi connectivity index (χ3n) is 5.87. The van der Waals surface area contributed by atoms with Crippen molar-refractivity contribution < 1.29 is 31.6 Å². The molecule has 0 amide bonds. The second-order valence-corrected chi connectivity index (χ2v) is 8.15. The fourth-order valence-electron chi connectivity index (χ4n) is 4.24. The molecule has 1 fully saturated rings. The molecule has 0 bridgehead atoms. The lowest BCUT2D eigenvalue weighted by atomic mass is 9.86. The molecule has 0 aromatic heterocycles. The number of likely N-dealkylation sites (tertiary alicyclic amines) is 1. The predicted octanol–water partition coefficient (Wildman–Crippen LogP) is 0.211. The van der Waals surface area contributed by atoms with Crippen molar-refractivity contribution >= 4 is 5.97 Å². The van der Waals surface area contributed by atoms with Crippen molar-refractivity contribution in [1.29, 1.82) is 0 Å². The van der Waals surface area contributed by atoms with Crippen molar-refractivity contribution in [3.8, 4) is 0 Å². The molecule has 0 atom stereocenters. The van der Waals surface area contributed by atoms with Crippen LogP contribution in [-0.4, -0.2) is 37.8 Å². The number of halogens is 1. The molecule has 1 saturated heterocycles. The highest BCUT2D eigenvalue weighted by Crippen LogP contribution is 2.28. The molecule has 1 aliphatic rings. The summed E-state index contributed by atoms with van der Waals surface area (Å²) in [6.45, 7) is 6.12. The molecular formula is C25H34ClNO3. The van der Waals surface area contributed by atoms with Gasteiger partial charge < -0.3 is 26.8 Å². The molecular weight excluding hydrogens is 398 g/mol. The van der Waals surface area contributed by atoms with Gasteiger partial charge in [-0.05, 0) is 24.0 Å². The number of esters is 1. The summed E-state index contributed by atoms with van der Waals surface area (Å²) in [6.07, 6.45) is 4.78. The first-order chi connectivity index (χ1) is 14.2. The summed E-state index contributed by atoms with van der Waals surface area (Å²) >= 11 is 0. The van der Waals surface area contributed by atoms with Gasteiger partial charge in [0.25, 0.3) is 0 Å². The number of hydrogen-bond donors (Lipinski definition) is 1. The first-order valence-electron chi connectivity index (χ1n) is 10.8. The number of quaternary nitrogens is 1. The summed E-state index contributed by atoms with van der Waals surface area (Å²) in [6, 6.07) is 20.9. The van der Waals surface area contributed by atoms with Gasteiger partial charge >= 0.3 is 5.97 Å². The summed E-state index contributed by atoms with van der Waals surface area (Å²) in [7, 11) is 0. The fourth-order valence-corrected chi connectivity index (χ4v) is 4.24. The van der Waals surface area contributed by atoms with E-state index in [4.69, 9.17) is 9.47 Å². The molecule has 0 spiro atoms. The van der Waals surface area contributed by atoms with Gasteiger partial charge in [-0.1, -0.05) is 60.7 Å². The minimum absolute atomic E-state index is 0. The quantitative estimate of drug-likeness (QED) is 0.432. The lowest BCUT2D eigenvalue weighted by Gasteiger charge is -2.39. The van der Waals surface area contributed by atoms with E-state index in [9.17, 15) is 4.79 Å². The molecule has 1 aliphatic heterocycles. The number of carbonyl (C=O) groups excluding carboxylic acids is 1. The van der Waals surface area contributed by atoms with E-state index in [1.165, 1.54) is 18.1 Å². The molecule has 0 unspecified atom stereocenters. The Kier molecular flexibility index (Phi) is 10.4. The second kappa shape index (κ2) is 12.7. The van der Waals surface area contributed by atoms with Crippen molar-refractivity contribution in [2.75, 3.05) is 26.2 Å². The van der Waals surface area contributed by atoms with Crippen LogP contribution in [0.15, 0.2) is 60.7 Å². The molecule has 2 aromatic rings. The largest absolute Gasteiger partial charge is 1.00 e. The lowest BCUT2D eigenvalue weighted by molar-refractivity contribution is -0.907. The van der Waals surface area contributed by atoms with Gasteiger partial charge in [0, 0.05) is 32.8 Å². The van der Waals surface area contributed by atoms with Gasteiger partial charge in [0.15, 0.2) is 0 Å². The van der Waals surface area contributed by atoms with Gasteiger partial charge in [0.05, 0.1) is 26.2 Å². The van der Waals surface area contributed by atoms with Crippen molar-refractivity contribution in [2.24, 2.45) is 0 Å². The molecule has 30 heavy (non-hydrogen) atoms. The van der Waals surface area contributed by atoms with E-state index in [0.29, 0.717) is 13.2 Å². The minimum Gasteiger partial charge on any atom is -1.00 e. The van der Waals surface area contributed by atoms with Crippen molar-refractivity contribution in [3.05, 3.63) is 71.8 Å². The van der Waals surface area contributed by atoms with Crippen LogP contribution >= 0.6 is 0 Å². The van der Waals surface area contributed by atoms with E-state index in [0.717, 1.165) is 51.7 Å². The minimum atomic E-state index is -0.307. The van der Waals surface area contributed by atoms with Gasteiger partial charge in [0.1, 0.15) is 5.60 Å². The molecule has 164 valence electrons. The zero-order valence-corrected chi connectivity index (χ0v) is 18.7. The average Bonchev–Trinajstić information content (AvgIpc) is 2.74. The van der Waals surface area contributed by atoms with Crippen LogP contribution in [0.25, 0.3) is 0 Å². The van der Waals surface area contributed by atoms with E-state index >= 15 is 0 Å². The van der Waals surface area contributed by atoms with Gasteiger partial charge in [-0.2, -0.15) is 0 Å². The van der Waals surface area contributed by atoms with Gasteiger partial charge in [-0.25, -0.2) is 0 Å².